The minimum atomic E-state index is -3.59. The number of sulfonamides is 1. The third-order valence-corrected chi connectivity index (χ3v) is 4.66. The lowest BCUT2D eigenvalue weighted by molar-refractivity contribution is 0.574. The maximum atomic E-state index is 13.0. The predicted octanol–water partition coefficient (Wildman–Crippen LogP) is 2.63. The zero-order valence-corrected chi connectivity index (χ0v) is 12.5. The molecule has 0 saturated carbocycles. The first kappa shape index (κ1) is 14.8. The molecule has 96 valence electrons. The maximum Gasteiger partial charge on any atom is 0.240 e. The monoisotopic (exact) mass is 371 g/mol. The number of halogens is 2. The summed E-state index contributed by atoms with van der Waals surface area (Å²) in [6.07, 6.45) is 1.75. The molecule has 1 aromatic carbocycles. The van der Waals surface area contributed by atoms with E-state index in [4.69, 9.17) is 0 Å². The van der Waals surface area contributed by atoms with E-state index < -0.39 is 15.8 Å². The van der Waals surface area contributed by atoms with Gasteiger partial charge < -0.3 is 0 Å². The van der Waals surface area contributed by atoms with Crippen LogP contribution in [0.1, 0.15) is 18.4 Å². The molecule has 3 nitrogen and oxygen atoms in total. The highest BCUT2D eigenvalue weighted by atomic mass is 127. The van der Waals surface area contributed by atoms with Gasteiger partial charge in [0.1, 0.15) is 5.82 Å². The molecule has 6 heteroatoms. The van der Waals surface area contributed by atoms with Crippen LogP contribution in [0.4, 0.5) is 4.39 Å². The van der Waals surface area contributed by atoms with Crippen LogP contribution in [0.3, 0.4) is 0 Å². The Labute approximate surface area is 115 Å². The van der Waals surface area contributed by atoms with Crippen LogP contribution in [-0.2, 0) is 10.0 Å². The van der Waals surface area contributed by atoms with Gasteiger partial charge in [-0.1, -0.05) is 28.7 Å². The molecule has 1 rings (SSSR count). The van der Waals surface area contributed by atoms with Gasteiger partial charge in [-0.05, 0) is 41.9 Å². The standard InChI is InChI=1S/C11H15FINO2S/c1-9-4-5-10(12)8-11(9)17(15,16)14-7-3-2-6-13/h4-5,8,14H,2-3,6-7H2,1H3. The lowest BCUT2D eigenvalue weighted by Crippen LogP contribution is -2.25. The van der Waals surface area contributed by atoms with E-state index in [0.717, 1.165) is 23.3 Å². The van der Waals surface area contributed by atoms with Gasteiger partial charge in [-0.15, -0.1) is 0 Å². The van der Waals surface area contributed by atoms with Gasteiger partial charge >= 0.3 is 0 Å². The van der Waals surface area contributed by atoms with Crippen molar-refractivity contribution in [1.29, 1.82) is 0 Å². The van der Waals surface area contributed by atoms with E-state index in [9.17, 15) is 12.8 Å². The molecule has 1 aromatic rings. The van der Waals surface area contributed by atoms with Crippen molar-refractivity contribution in [3.05, 3.63) is 29.6 Å². The highest BCUT2D eigenvalue weighted by Crippen LogP contribution is 2.16. The molecule has 1 N–H and O–H groups in total. The molecule has 17 heavy (non-hydrogen) atoms. The molecule has 0 aromatic heterocycles. The SMILES string of the molecule is Cc1ccc(F)cc1S(=O)(=O)NCCCCI. The van der Waals surface area contributed by atoms with Crippen LogP contribution in [0.25, 0.3) is 0 Å². The summed E-state index contributed by atoms with van der Waals surface area (Å²) in [5.41, 5.74) is 0.549. The third kappa shape index (κ3) is 4.51. The molecule has 0 atom stereocenters. The Morgan fingerprint density at radius 3 is 2.71 bits per heavy atom. The Morgan fingerprint density at radius 2 is 2.06 bits per heavy atom. The van der Waals surface area contributed by atoms with Crippen LogP contribution in [0.15, 0.2) is 23.1 Å². The van der Waals surface area contributed by atoms with Gasteiger partial charge in [-0.2, -0.15) is 0 Å². The molecule has 0 fully saturated rings. The first-order valence-corrected chi connectivity index (χ1v) is 8.30. The Hall–Kier alpha value is -0.210. The summed E-state index contributed by atoms with van der Waals surface area (Å²) in [7, 11) is -3.59. The quantitative estimate of drug-likeness (QED) is 0.475. The van der Waals surface area contributed by atoms with Crippen molar-refractivity contribution >= 4 is 32.6 Å². The summed E-state index contributed by atoms with van der Waals surface area (Å²) in [6, 6.07) is 3.77. The molecule has 0 radical (unpaired) electrons. The second-order valence-corrected chi connectivity index (χ2v) is 6.52. The summed E-state index contributed by atoms with van der Waals surface area (Å²) in [4.78, 5) is 0.0203. The molecule has 0 bridgehead atoms. The fraction of sp³-hybridized carbons (Fsp3) is 0.455. The lowest BCUT2D eigenvalue weighted by Gasteiger charge is -2.08. The van der Waals surface area contributed by atoms with E-state index in [1.165, 1.54) is 12.1 Å². The summed E-state index contributed by atoms with van der Waals surface area (Å²) >= 11 is 2.24. The summed E-state index contributed by atoms with van der Waals surface area (Å²) in [6.45, 7) is 2.04. The van der Waals surface area contributed by atoms with Gasteiger partial charge in [0.2, 0.25) is 10.0 Å². The first-order chi connectivity index (χ1) is 7.97. The third-order valence-electron chi connectivity index (χ3n) is 2.29. The Kier molecular flexibility index (Phi) is 5.81. The molecule has 0 unspecified atom stereocenters. The van der Waals surface area contributed by atoms with E-state index in [1.54, 1.807) is 6.92 Å². The van der Waals surface area contributed by atoms with Crippen molar-refractivity contribution in [1.82, 2.24) is 4.72 Å². The topological polar surface area (TPSA) is 46.2 Å². The molecule has 0 spiro atoms. The van der Waals surface area contributed by atoms with Crippen LogP contribution in [-0.4, -0.2) is 19.4 Å². The van der Waals surface area contributed by atoms with Crippen LogP contribution < -0.4 is 4.72 Å². The Balaban J connectivity index is 2.79. The van der Waals surface area contributed by atoms with Gasteiger partial charge in [-0.3, -0.25) is 0 Å². The van der Waals surface area contributed by atoms with Crippen molar-refractivity contribution in [2.24, 2.45) is 0 Å². The van der Waals surface area contributed by atoms with Crippen molar-refractivity contribution in [2.75, 3.05) is 11.0 Å². The molecule has 0 aliphatic carbocycles. The largest absolute Gasteiger partial charge is 0.240 e. The van der Waals surface area contributed by atoms with Gasteiger partial charge in [0.05, 0.1) is 4.90 Å². The second kappa shape index (κ2) is 6.65. The summed E-state index contributed by atoms with van der Waals surface area (Å²) in [5.74, 6) is -0.539. The number of hydrogen-bond acceptors (Lipinski definition) is 2. The molecule has 0 saturated heterocycles. The number of aryl methyl sites for hydroxylation is 1. The van der Waals surface area contributed by atoms with Crippen molar-refractivity contribution in [3.8, 4) is 0 Å². The number of unbranched alkanes of at least 4 members (excludes halogenated alkanes) is 1. The van der Waals surface area contributed by atoms with Gasteiger partial charge in [0.25, 0.3) is 0 Å². The van der Waals surface area contributed by atoms with E-state index in [2.05, 4.69) is 27.3 Å². The smallest absolute Gasteiger partial charge is 0.211 e. The fourth-order valence-corrected chi connectivity index (χ4v) is 3.23. The first-order valence-electron chi connectivity index (χ1n) is 5.29. The van der Waals surface area contributed by atoms with Crippen LogP contribution in [0, 0.1) is 12.7 Å². The van der Waals surface area contributed by atoms with Crippen molar-refractivity contribution < 1.29 is 12.8 Å². The number of alkyl halides is 1. The van der Waals surface area contributed by atoms with Gasteiger partial charge in [-0.25, -0.2) is 17.5 Å². The van der Waals surface area contributed by atoms with Crippen LogP contribution in [0.2, 0.25) is 0 Å². The van der Waals surface area contributed by atoms with Crippen LogP contribution >= 0.6 is 22.6 Å². The highest BCUT2D eigenvalue weighted by molar-refractivity contribution is 14.1. The summed E-state index contributed by atoms with van der Waals surface area (Å²) in [5, 5.41) is 0. The molecule has 0 amide bonds. The van der Waals surface area contributed by atoms with Crippen molar-refractivity contribution in [3.63, 3.8) is 0 Å². The molecule has 0 aliphatic rings. The molecular weight excluding hydrogens is 356 g/mol. The van der Waals surface area contributed by atoms with E-state index in [-0.39, 0.29) is 4.90 Å². The zero-order valence-electron chi connectivity index (χ0n) is 9.54. The predicted molar refractivity (Wildman–Crippen MR) is 74.4 cm³/mol. The van der Waals surface area contributed by atoms with E-state index in [0.29, 0.717) is 12.1 Å². The zero-order chi connectivity index (χ0) is 12.9. The Morgan fingerprint density at radius 1 is 1.35 bits per heavy atom. The van der Waals surface area contributed by atoms with E-state index >= 15 is 0 Å². The number of hydrogen-bond donors (Lipinski definition) is 1. The average Bonchev–Trinajstić information content (AvgIpc) is 2.28. The summed E-state index contributed by atoms with van der Waals surface area (Å²) < 4.78 is 40.3. The lowest BCUT2D eigenvalue weighted by atomic mass is 10.2. The normalized spacial score (nSPS) is 11.7. The fourth-order valence-electron chi connectivity index (χ4n) is 1.37. The van der Waals surface area contributed by atoms with Crippen molar-refractivity contribution in [2.45, 2.75) is 24.7 Å². The van der Waals surface area contributed by atoms with E-state index in [1.807, 2.05) is 0 Å². The minimum absolute atomic E-state index is 0.0203. The number of benzene rings is 1. The second-order valence-electron chi connectivity index (χ2n) is 3.70. The van der Waals surface area contributed by atoms with Crippen LogP contribution in [0.5, 0.6) is 0 Å². The van der Waals surface area contributed by atoms with Gasteiger partial charge in [0.15, 0.2) is 0 Å². The average molecular weight is 371 g/mol. The molecule has 0 aliphatic heterocycles. The molecular formula is C11H15FINO2S. The number of nitrogens with one attached hydrogen (secondary N) is 1. The number of rotatable bonds is 6. The molecule has 0 heterocycles. The Bertz CT molecular complexity index is 476. The minimum Gasteiger partial charge on any atom is -0.211 e. The highest BCUT2D eigenvalue weighted by Gasteiger charge is 2.16. The van der Waals surface area contributed by atoms with Gasteiger partial charge in [0, 0.05) is 6.54 Å². The maximum absolute atomic E-state index is 13.0.